The van der Waals surface area contributed by atoms with Gasteiger partial charge in [-0.15, -0.1) is 11.3 Å². The number of rotatable bonds is 12. The van der Waals surface area contributed by atoms with Crippen LogP contribution in [-0.4, -0.2) is 87.5 Å². The van der Waals surface area contributed by atoms with Crippen LogP contribution in [0.2, 0.25) is 0 Å². The molecule has 0 bridgehead atoms. The SMILES string of the molecule is CC(C)(C)OC(=O)NCC(=O)/C=C(/N)C[C@H]1NC(=O)[C@H]1NC(=O)C(=NOC(C)(C)C(=O)OC(C)(C)C)c1csc(NC(=O)OC(C)(C)C)n1. The van der Waals surface area contributed by atoms with E-state index in [1.807, 2.05) is 0 Å². The van der Waals surface area contributed by atoms with Gasteiger partial charge in [-0.2, -0.15) is 0 Å². The number of amides is 4. The maximum Gasteiger partial charge on any atom is 0.413 e. The van der Waals surface area contributed by atoms with Crippen molar-refractivity contribution in [1.29, 1.82) is 0 Å². The second kappa shape index (κ2) is 15.7. The van der Waals surface area contributed by atoms with Gasteiger partial charge in [-0.3, -0.25) is 19.7 Å². The molecule has 6 N–H and O–H groups in total. The molecule has 4 amide bonds. The smallest absolute Gasteiger partial charge is 0.413 e. The van der Waals surface area contributed by atoms with Gasteiger partial charge in [0.05, 0.1) is 12.6 Å². The van der Waals surface area contributed by atoms with Crippen molar-refractivity contribution in [2.45, 2.75) is 117 Å². The highest BCUT2D eigenvalue weighted by Gasteiger charge is 2.42. The normalized spacial score (nSPS) is 17.2. The zero-order valence-electron chi connectivity index (χ0n) is 29.7. The number of carbonyl (C=O) groups excluding carboxylic acids is 6. The summed E-state index contributed by atoms with van der Waals surface area (Å²) in [6, 6.07) is -1.81. The van der Waals surface area contributed by atoms with Crippen LogP contribution in [0.15, 0.2) is 22.3 Å². The number of anilines is 1. The van der Waals surface area contributed by atoms with Crippen LogP contribution in [0, 0.1) is 0 Å². The number of carbonyl (C=O) groups is 6. The Kier molecular flexibility index (Phi) is 12.9. The van der Waals surface area contributed by atoms with Crippen LogP contribution in [-0.2, 0) is 38.2 Å². The van der Waals surface area contributed by atoms with Gasteiger partial charge in [-0.25, -0.2) is 19.4 Å². The van der Waals surface area contributed by atoms with E-state index in [2.05, 4.69) is 31.4 Å². The fourth-order valence-corrected chi connectivity index (χ4v) is 4.35. The van der Waals surface area contributed by atoms with Gasteiger partial charge in [0.15, 0.2) is 16.6 Å². The zero-order valence-corrected chi connectivity index (χ0v) is 30.5. The summed E-state index contributed by atoms with van der Waals surface area (Å²) in [5.41, 5.74) is 1.63. The molecule has 1 aromatic rings. The van der Waals surface area contributed by atoms with Crippen molar-refractivity contribution in [2.75, 3.05) is 11.9 Å². The van der Waals surface area contributed by atoms with E-state index in [1.54, 1.807) is 62.3 Å². The molecular formula is C31H47N7O10S. The molecule has 0 unspecified atom stereocenters. The minimum absolute atomic E-state index is 0.0236. The minimum Gasteiger partial charge on any atom is -0.457 e. The molecule has 0 aromatic carbocycles. The van der Waals surface area contributed by atoms with Gasteiger partial charge in [-0.1, -0.05) is 5.16 Å². The Balaban J connectivity index is 2.23. The lowest BCUT2D eigenvalue weighted by Crippen LogP contribution is -2.69. The van der Waals surface area contributed by atoms with E-state index < -0.39 is 76.0 Å². The molecule has 1 aliphatic rings. The third kappa shape index (κ3) is 14.1. The van der Waals surface area contributed by atoms with Crippen LogP contribution >= 0.6 is 11.3 Å². The number of esters is 1. The van der Waals surface area contributed by atoms with E-state index in [1.165, 1.54) is 19.2 Å². The Morgan fingerprint density at radius 2 is 1.51 bits per heavy atom. The number of β-lactam (4-membered cyclic amide) rings is 1. The third-order valence-corrected chi connectivity index (χ3v) is 6.49. The van der Waals surface area contributed by atoms with Crippen LogP contribution < -0.4 is 27.0 Å². The number of oxime groups is 1. The summed E-state index contributed by atoms with van der Waals surface area (Å²) >= 11 is 0.959. The lowest BCUT2D eigenvalue weighted by atomic mass is 9.93. The van der Waals surface area contributed by atoms with Gasteiger partial charge in [0.25, 0.3) is 5.91 Å². The second-order valence-electron chi connectivity index (χ2n) is 14.5. The Hall–Kier alpha value is -4.74. The van der Waals surface area contributed by atoms with Crippen LogP contribution in [0.1, 0.15) is 88.3 Å². The maximum atomic E-state index is 13.6. The number of ketones is 1. The van der Waals surface area contributed by atoms with E-state index in [9.17, 15) is 28.8 Å². The first-order valence-corrected chi connectivity index (χ1v) is 16.1. The lowest BCUT2D eigenvalue weighted by molar-refractivity contribution is -0.179. The molecule has 0 spiro atoms. The number of nitrogens with zero attached hydrogens (tertiary/aromatic N) is 2. The number of nitrogens with two attached hydrogens (primary N) is 1. The van der Waals surface area contributed by atoms with Crippen molar-refractivity contribution in [2.24, 2.45) is 10.9 Å². The fraction of sp³-hybridized carbons (Fsp3) is 0.613. The molecular weight excluding hydrogens is 662 g/mol. The molecule has 1 fully saturated rings. The van der Waals surface area contributed by atoms with Crippen molar-refractivity contribution in [3.8, 4) is 0 Å². The van der Waals surface area contributed by atoms with Crippen molar-refractivity contribution < 1.29 is 47.8 Å². The molecule has 1 saturated heterocycles. The molecule has 0 saturated carbocycles. The highest BCUT2D eigenvalue weighted by Crippen LogP contribution is 2.22. The number of ether oxygens (including phenoxy) is 3. The van der Waals surface area contributed by atoms with Crippen LogP contribution in [0.25, 0.3) is 0 Å². The Morgan fingerprint density at radius 1 is 0.939 bits per heavy atom. The van der Waals surface area contributed by atoms with Gasteiger partial charge in [-0.05, 0) is 76.2 Å². The Bertz CT molecular complexity index is 1500. The number of thiazole rings is 1. The zero-order chi connectivity index (χ0) is 37.5. The number of hydrogen-bond acceptors (Lipinski definition) is 14. The molecule has 1 aromatic heterocycles. The molecule has 17 nitrogen and oxygen atoms in total. The molecule has 0 radical (unpaired) electrons. The van der Waals surface area contributed by atoms with E-state index in [0.717, 1.165) is 17.4 Å². The van der Waals surface area contributed by atoms with Gasteiger partial charge in [0.1, 0.15) is 28.5 Å². The quantitative estimate of drug-likeness (QED) is 0.0526. The monoisotopic (exact) mass is 709 g/mol. The Morgan fingerprint density at radius 3 is 2.06 bits per heavy atom. The first kappa shape index (κ1) is 40.4. The molecule has 0 aliphatic carbocycles. The first-order valence-electron chi connectivity index (χ1n) is 15.3. The number of aromatic nitrogens is 1. The average molecular weight is 710 g/mol. The van der Waals surface area contributed by atoms with Crippen LogP contribution in [0.5, 0.6) is 0 Å². The van der Waals surface area contributed by atoms with Crippen molar-refractivity contribution in [3.63, 3.8) is 0 Å². The van der Waals surface area contributed by atoms with Crippen molar-refractivity contribution in [3.05, 3.63) is 22.8 Å². The molecule has 49 heavy (non-hydrogen) atoms. The summed E-state index contributed by atoms with van der Waals surface area (Å²) in [5.74, 6) is -2.72. The van der Waals surface area contributed by atoms with Crippen LogP contribution in [0.4, 0.5) is 14.7 Å². The summed E-state index contributed by atoms with van der Waals surface area (Å²) in [6.07, 6.45) is -0.471. The van der Waals surface area contributed by atoms with Crippen molar-refractivity contribution >= 4 is 57.9 Å². The van der Waals surface area contributed by atoms with Crippen molar-refractivity contribution in [1.82, 2.24) is 20.9 Å². The lowest BCUT2D eigenvalue weighted by Gasteiger charge is -2.37. The topological polar surface area (TPSA) is 239 Å². The first-order chi connectivity index (χ1) is 22.2. The number of nitrogens with one attached hydrogen (secondary N) is 4. The number of hydrogen-bond donors (Lipinski definition) is 5. The summed E-state index contributed by atoms with van der Waals surface area (Å²) in [4.78, 5) is 84.9. The summed E-state index contributed by atoms with van der Waals surface area (Å²) < 4.78 is 15.7. The van der Waals surface area contributed by atoms with E-state index in [4.69, 9.17) is 24.8 Å². The maximum absolute atomic E-state index is 13.6. The highest BCUT2D eigenvalue weighted by molar-refractivity contribution is 7.14. The van der Waals surface area contributed by atoms with Crippen LogP contribution in [0.3, 0.4) is 0 Å². The average Bonchev–Trinajstić information content (AvgIpc) is 3.35. The standard InChI is InChI=1S/C31H47N7O10S/c1-28(2,3)45-24(42)31(10,11)48-38-21(19-15-49-25(35-19)37-27(44)47-30(7,8)9)23(41)36-20-18(34-22(20)40)13-16(32)12-17(39)14-33-26(43)46-29(4,5)6/h12,15,18,20H,13-14,32H2,1-11H3,(H,33,43)(H,34,40)(H,36,41)(H,35,37,44)/b16-12+,38-21?/t18-,20+/m1/s1. The van der Waals surface area contributed by atoms with E-state index >= 15 is 0 Å². The second-order valence-corrected chi connectivity index (χ2v) is 15.4. The molecule has 2 atom stereocenters. The Labute approximate surface area is 289 Å². The summed E-state index contributed by atoms with van der Waals surface area (Å²) in [5, 5.41) is 15.4. The molecule has 18 heteroatoms. The summed E-state index contributed by atoms with van der Waals surface area (Å²) in [6.45, 7) is 17.6. The highest BCUT2D eigenvalue weighted by atomic mass is 32.1. The molecule has 1 aliphatic heterocycles. The van der Waals surface area contributed by atoms with Gasteiger partial charge >= 0.3 is 18.2 Å². The third-order valence-electron chi connectivity index (χ3n) is 5.73. The number of alkyl carbamates (subject to hydrolysis) is 1. The van der Waals surface area contributed by atoms with Gasteiger partial charge < -0.3 is 40.7 Å². The fourth-order valence-electron chi connectivity index (χ4n) is 3.66. The van der Waals surface area contributed by atoms with E-state index in [0.29, 0.717) is 0 Å². The minimum atomic E-state index is -1.65. The molecule has 2 rings (SSSR count). The predicted molar refractivity (Wildman–Crippen MR) is 180 cm³/mol. The van der Waals surface area contributed by atoms with Gasteiger partial charge in [0, 0.05) is 23.6 Å². The predicted octanol–water partition coefficient (Wildman–Crippen LogP) is 2.64. The molecule has 2 heterocycles. The van der Waals surface area contributed by atoms with Gasteiger partial charge in [0.2, 0.25) is 11.5 Å². The largest absolute Gasteiger partial charge is 0.457 e. The molecule has 272 valence electrons. The van der Waals surface area contributed by atoms with E-state index in [-0.39, 0.29) is 29.5 Å². The summed E-state index contributed by atoms with van der Waals surface area (Å²) in [7, 11) is 0.